The summed E-state index contributed by atoms with van der Waals surface area (Å²) in [6.07, 6.45) is 0.852. The zero-order chi connectivity index (χ0) is 18.4. The van der Waals surface area contributed by atoms with Crippen LogP contribution in [0.5, 0.6) is 0 Å². The number of halogens is 1. The lowest BCUT2D eigenvalue weighted by Gasteiger charge is -2.16. The van der Waals surface area contributed by atoms with E-state index in [4.69, 9.17) is 16.0 Å². The minimum atomic E-state index is -0.540. The van der Waals surface area contributed by atoms with E-state index < -0.39 is 6.04 Å². The molecule has 0 fully saturated rings. The van der Waals surface area contributed by atoms with E-state index in [0.717, 1.165) is 17.5 Å². The molecule has 0 saturated carbocycles. The number of amides is 2. The van der Waals surface area contributed by atoms with Gasteiger partial charge in [0.25, 0.3) is 0 Å². The molecule has 6 nitrogen and oxygen atoms in total. The Balaban J connectivity index is 1.87. The van der Waals surface area contributed by atoms with Crippen LogP contribution in [0.1, 0.15) is 30.8 Å². The molecule has 7 heteroatoms. The van der Waals surface area contributed by atoms with Gasteiger partial charge in [-0.3, -0.25) is 0 Å². The van der Waals surface area contributed by atoms with E-state index in [1.165, 1.54) is 0 Å². The van der Waals surface area contributed by atoms with Crippen LogP contribution in [0.4, 0.5) is 4.79 Å². The average Bonchev–Trinajstić information content (AvgIpc) is 3.15. The summed E-state index contributed by atoms with van der Waals surface area (Å²) in [5, 5.41) is 14.5. The van der Waals surface area contributed by atoms with E-state index in [1.54, 1.807) is 24.3 Å². The third-order valence-electron chi connectivity index (χ3n) is 3.72. The highest BCUT2D eigenvalue weighted by Crippen LogP contribution is 2.25. The number of hydrogen-bond acceptors (Lipinski definition) is 4. The molecule has 0 aliphatic rings. The second-order valence-corrected chi connectivity index (χ2v) is 6.13. The fourth-order valence-electron chi connectivity index (χ4n) is 2.41. The first-order chi connectivity index (χ1) is 12.7. The number of carbonyl (C=O) groups excluding carboxylic acids is 1. The topological polar surface area (TPSA) is 80.0 Å². The molecule has 0 spiro atoms. The van der Waals surface area contributed by atoms with Crippen LogP contribution in [0.15, 0.2) is 59.0 Å². The van der Waals surface area contributed by atoms with E-state index in [-0.39, 0.29) is 6.03 Å². The largest absolute Gasteiger partial charge is 0.418 e. The molecule has 0 aliphatic carbocycles. The molecule has 1 atom stereocenters. The summed E-state index contributed by atoms with van der Waals surface area (Å²) in [7, 11) is 0. The average molecular weight is 371 g/mol. The summed E-state index contributed by atoms with van der Waals surface area (Å²) in [4.78, 5) is 12.1. The van der Waals surface area contributed by atoms with Gasteiger partial charge in [0.1, 0.15) is 6.04 Å². The Morgan fingerprint density at radius 1 is 1.12 bits per heavy atom. The highest BCUT2D eigenvalue weighted by molar-refractivity contribution is 6.30. The third-order valence-corrected chi connectivity index (χ3v) is 3.97. The van der Waals surface area contributed by atoms with Gasteiger partial charge >= 0.3 is 6.03 Å². The van der Waals surface area contributed by atoms with Crippen molar-refractivity contribution in [2.75, 3.05) is 6.54 Å². The number of rotatable bonds is 6. The molecule has 3 rings (SSSR count). The van der Waals surface area contributed by atoms with Gasteiger partial charge in [-0.05, 0) is 36.2 Å². The summed E-state index contributed by atoms with van der Waals surface area (Å²) in [6, 6.07) is 15.8. The molecule has 2 N–H and O–H groups in total. The molecule has 0 saturated heterocycles. The predicted molar refractivity (Wildman–Crippen MR) is 99.9 cm³/mol. The fourth-order valence-corrected chi connectivity index (χ4v) is 2.54. The van der Waals surface area contributed by atoms with Crippen molar-refractivity contribution in [1.82, 2.24) is 20.8 Å². The predicted octanol–water partition coefficient (Wildman–Crippen LogP) is 4.19. The highest BCUT2D eigenvalue weighted by atomic mass is 35.5. The standard InChI is InChI=1S/C19H19ClN4O2/c1-2-12-21-19(25)22-16(13-6-4-3-5-7-13)18-24-23-17(26-18)14-8-10-15(20)11-9-14/h3-11,16H,2,12H2,1H3,(H2,21,22,25)/t16-/m0/s1. The summed E-state index contributed by atoms with van der Waals surface area (Å²) < 4.78 is 5.82. The number of urea groups is 1. The van der Waals surface area contributed by atoms with Crippen LogP contribution in [0.2, 0.25) is 5.02 Å². The van der Waals surface area contributed by atoms with Gasteiger partial charge in [-0.25, -0.2) is 4.79 Å². The number of nitrogens with zero attached hydrogens (tertiary/aromatic N) is 2. The molecule has 1 aromatic heterocycles. The highest BCUT2D eigenvalue weighted by Gasteiger charge is 2.23. The first kappa shape index (κ1) is 17.9. The summed E-state index contributed by atoms with van der Waals surface area (Å²) in [6.45, 7) is 2.58. The molecule has 0 radical (unpaired) electrons. The van der Waals surface area contributed by atoms with Crippen LogP contribution in [0.3, 0.4) is 0 Å². The van der Waals surface area contributed by atoms with E-state index in [2.05, 4.69) is 20.8 Å². The quantitative estimate of drug-likeness (QED) is 0.681. The Kier molecular flexibility index (Phi) is 5.86. The van der Waals surface area contributed by atoms with Gasteiger partial charge in [0.05, 0.1) is 0 Å². The van der Waals surface area contributed by atoms with E-state index in [0.29, 0.717) is 23.3 Å². The lowest BCUT2D eigenvalue weighted by Crippen LogP contribution is -2.38. The van der Waals surface area contributed by atoms with Crippen molar-refractivity contribution in [2.24, 2.45) is 0 Å². The van der Waals surface area contributed by atoms with Crippen molar-refractivity contribution in [2.45, 2.75) is 19.4 Å². The van der Waals surface area contributed by atoms with E-state index >= 15 is 0 Å². The van der Waals surface area contributed by atoms with Gasteiger partial charge in [0, 0.05) is 17.1 Å². The normalized spacial score (nSPS) is 11.8. The van der Waals surface area contributed by atoms with Crippen LogP contribution in [-0.4, -0.2) is 22.8 Å². The molecule has 2 amide bonds. The smallest absolute Gasteiger partial charge is 0.315 e. The molecule has 1 heterocycles. The number of nitrogens with one attached hydrogen (secondary N) is 2. The van der Waals surface area contributed by atoms with E-state index in [1.807, 2.05) is 37.3 Å². The first-order valence-corrected chi connectivity index (χ1v) is 8.74. The van der Waals surface area contributed by atoms with Gasteiger partial charge in [-0.15, -0.1) is 10.2 Å². The minimum Gasteiger partial charge on any atom is -0.418 e. The first-order valence-electron chi connectivity index (χ1n) is 8.36. The summed E-state index contributed by atoms with van der Waals surface area (Å²) in [5.41, 5.74) is 1.61. The summed E-state index contributed by atoms with van der Waals surface area (Å²) in [5.74, 6) is 0.682. The van der Waals surface area contributed by atoms with Crippen molar-refractivity contribution >= 4 is 17.6 Å². The van der Waals surface area contributed by atoms with Gasteiger partial charge in [0.15, 0.2) is 0 Å². The Hall–Kier alpha value is -2.86. The SMILES string of the molecule is CCCNC(=O)N[C@@H](c1ccccc1)c1nnc(-c2ccc(Cl)cc2)o1. The maximum atomic E-state index is 12.1. The van der Waals surface area contributed by atoms with Crippen LogP contribution < -0.4 is 10.6 Å². The van der Waals surface area contributed by atoms with Crippen LogP contribution in [0.25, 0.3) is 11.5 Å². The zero-order valence-corrected chi connectivity index (χ0v) is 15.0. The Morgan fingerprint density at radius 2 is 1.85 bits per heavy atom. The van der Waals surface area contributed by atoms with Gasteiger partial charge in [-0.1, -0.05) is 48.9 Å². The summed E-state index contributed by atoms with van der Waals surface area (Å²) >= 11 is 5.91. The van der Waals surface area contributed by atoms with Crippen molar-refractivity contribution in [3.8, 4) is 11.5 Å². The third kappa shape index (κ3) is 4.40. The monoisotopic (exact) mass is 370 g/mol. The van der Waals surface area contributed by atoms with E-state index in [9.17, 15) is 4.79 Å². The number of benzene rings is 2. The maximum absolute atomic E-state index is 12.1. The Morgan fingerprint density at radius 3 is 2.54 bits per heavy atom. The second kappa shape index (κ2) is 8.49. The maximum Gasteiger partial charge on any atom is 0.315 e. The van der Waals surface area contributed by atoms with Gasteiger partial charge in [0.2, 0.25) is 11.8 Å². The Labute approximate surface area is 156 Å². The second-order valence-electron chi connectivity index (χ2n) is 5.70. The molecular weight excluding hydrogens is 352 g/mol. The van der Waals surface area contributed by atoms with Crippen molar-refractivity contribution in [3.63, 3.8) is 0 Å². The molecule has 26 heavy (non-hydrogen) atoms. The van der Waals surface area contributed by atoms with Crippen molar-refractivity contribution < 1.29 is 9.21 Å². The molecular formula is C19H19ClN4O2. The Bertz CT molecular complexity index is 849. The minimum absolute atomic E-state index is 0.285. The van der Waals surface area contributed by atoms with Crippen LogP contribution in [-0.2, 0) is 0 Å². The number of hydrogen-bond donors (Lipinski definition) is 2. The van der Waals surface area contributed by atoms with Crippen molar-refractivity contribution in [3.05, 3.63) is 71.1 Å². The lowest BCUT2D eigenvalue weighted by molar-refractivity contribution is 0.237. The van der Waals surface area contributed by atoms with Crippen LogP contribution >= 0.6 is 11.6 Å². The zero-order valence-electron chi connectivity index (χ0n) is 14.3. The number of aromatic nitrogens is 2. The molecule has 134 valence electrons. The number of carbonyl (C=O) groups is 1. The molecule has 0 bridgehead atoms. The molecule has 0 unspecified atom stereocenters. The van der Waals surface area contributed by atoms with Crippen molar-refractivity contribution in [1.29, 1.82) is 0 Å². The van der Waals surface area contributed by atoms with Crippen LogP contribution in [0, 0.1) is 0 Å². The molecule has 3 aromatic rings. The fraction of sp³-hybridized carbons (Fsp3) is 0.211. The lowest BCUT2D eigenvalue weighted by atomic mass is 10.1. The molecule has 0 aliphatic heterocycles. The van der Waals surface area contributed by atoms with Gasteiger partial charge < -0.3 is 15.1 Å². The van der Waals surface area contributed by atoms with Gasteiger partial charge in [-0.2, -0.15) is 0 Å². The molecule has 2 aromatic carbocycles.